The predicted molar refractivity (Wildman–Crippen MR) is 104 cm³/mol. The van der Waals surface area contributed by atoms with Crippen LogP contribution in [0.2, 0.25) is 0 Å². The van der Waals surface area contributed by atoms with Gasteiger partial charge >= 0.3 is 0 Å². The first-order chi connectivity index (χ1) is 12.1. The van der Waals surface area contributed by atoms with E-state index in [0.29, 0.717) is 18.4 Å². The largest absolute Gasteiger partial charge is 0.357 e. The Morgan fingerprint density at radius 1 is 1.24 bits per heavy atom. The Labute approximate surface area is 151 Å². The van der Waals surface area contributed by atoms with Crippen LogP contribution in [0.4, 0.5) is 0 Å². The quantitative estimate of drug-likeness (QED) is 0.367. The minimum Gasteiger partial charge on any atom is -0.357 e. The lowest BCUT2D eigenvalue weighted by atomic mass is 10.0. The van der Waals surface area contributed by atoms with E-state index in [4.69, 9.17) is 0 Å². The smallest absolute Gasteiger partial charge is 0.220 e. The van der Waals surface area contributed by atoms with Crippen LogP contribution in [0.3, 0.4) is 0 Å². The zero-order valence-corrected chi connectivity index (χ0v) is 15.8. The molecule has 0 aliphatic heterocycles. The molecule has 0 heterocycles. The first-order valence-corrected chi connectivity index (χ1v) is 9.46. The van der Waals surface area contributed by atoms with Crippen molar-refractivity contribution in [1.29, 1.82) is 0 Å². The molecule has 1 aliphatic rings. The van der Waals surface area contributed by atoms with Crippen LogP contribution < -0.4 is 16.0 Å². The van der Waals surface area contributed by atoms with Crippen LogP contribution in [0.1, 0.15) is 56.6 Å². The van der Waals surface area contributed by atoms with Gasteiger partial charge < -0.3 is 16.0 Å². The highest BCUT2D eigenvalue weighted by atomic mass is 16.1. The number of guanidine groups is 1. The van der Waals surface area contributed by atoms with E-state index in [-0.39, 0.29) is 5.91 Å². The van der Waals surface area contributed by atoms with Gasteiger partial charge in [0, 0.05) is 38.0 Å². The third-order valence-electron chi connectivity index (χ3n) is 4.33. The molecule has 1 unspecified atom stereocenters. The van der Waals surface area contributed by atoms with Crippen molar-refractivity contribution in [2.75, 3.05) is 19.6 Å². The van der Waals surface area contributed by atoms with Crippen molar-refractivity contribution in [2.24, 2.45) is 4.99 Å². The number of rotatable bonds is 9. The van der Waals surface area contributed by atoms with Crippen molar-refractivity contribution in [1.82, 2.24) is 16.0 Å². The second kappa shape index (κ2) is 10.1. The summed E-state index contributed by atoms with van der Waals surface area (Å²) in [6.45, 7) is 8.67. The lowest BCUT2D eigenvalue weighted by Gasteiger charge is -2.14. The summed E-state index contributed by atoms with van der Waals surface area (Å²) in [5.74, 6) is 1.36. The second-order valence-corrected chi connectivity index (χ2v) is 6.90. The summed E-state index contributed by atoms with van der Waals surface area (Å²) in [6.07, 6.45) is 3.67. The molecule has 1 atom stereocenters. The van der Waals surface area contributed by atoms with Crippen molar-refractivity contribution in [3.05, 3.63) is 35.4 Å². The number of nitrogens with zero attached hydrogens (tertiary/aromatic N) is 1. The molecule has 1 aliphatic carbocycles. The van der Waals surface area contributed by atoms with Crippen LogP contribution >= 0.6 is 0 Å². The van der Waals surface area contributed by atoms with Crippen LogP contribution in [0.25, 0.3) is 0 Å². The van der Waals surface area contributed by atoms with Crippen LogP contribution in [-0.4, -0.2) is 37.5 Å². The van der Waals surface area contributed by atoms with Gasteiger partial charge in [0.25, 0.3) is 0 Å². The highest BCUT2D eigenvalue weighted by molar-refractivity contribution is 5.80. The third-order valence-corrected chi connectivity index (χ3v) is 4.33. The molecule has 0 spiro atoms. The topological polar surface area (TPSA) is 65.5 Å². The Morgan fingerprint density at radius 3 is 2.60 bits per heavy atom. The van der Waals surface area contributed by atoms with Crippen molar-refractivity contribution >= 4 is 11.9 Å². The number of hydrogen-bond acceptors (Lipinski definition) is 2. The van der Waals surface area contributed by atoms with Crippen LogP contribution in [-0.2, 0) is 4.79 Å². The van der Waals surface area contributed by atoms with Gasteiger partial charge in [-0.3, -0.25) is 9.79 Å². The predicted octanol–water partition coefficient (Wildman–Crippen LogP) is 2.71. The maximum absolute atomic E-state index is 11.7. The molecule has 1 aromatic rings. The number of carbonyl (C=O) groups is 1. The lowest BCUT2D eigenvalue weighted by Crippen LogP contribution is -2.38. The average molecular weight is 345 g/mol. The van der Waals surface area contributed by atoms with Gasteiger partial charge in [0.1, 0.15) is 0 Å². The van der Waals surface area contributed by atoms with Gasteiger partial charge in [-0.15, -0.1) is 0 Å². The number of benzene rings is 1. The van der Waals surface area contributed by atoms with Gasteiger partial charge in [-0.05, 0) is 38.7 Å². The first-order valence-electron chi connectivity index (χ1n) is 9.46. The summed E-state index contributed by atoms with van der Waals surface area (Å²) >= 11 is 0. The molecule has 5 heteroatoms. The van der Waals surface area contributed by atoms with Crippen molar-refractivity contribution < 1.29 is 4.79 Å². The number of aryl methyl sites for hydroxylation is 1. The van der Waals surface area contributed by atoms with Crippen LogP contribution in [0.15, 0.2) is 29.3 Å². The second-order valence-electron chi connectivity index (χ2n) is 6.90. The normalized spacial score (nSPS) is 15.6. The maximum atomic E-state index is 11.7. The van der Waals surface area contributed by atoms with E-state index in [9.17, 15) is 4.79 Å². The van der Waals surface area contributed by atoms with Gasteiger partial charge in [-0.2, -0.15) is 0 Å². The summed E-state index contributed by atoms with van der Waals surface area (Å²) < 4.78 is 0. The molecule has 1 amide bonds. The van der Waals surface area contributed by atoms with Crippen molar-refractivity contribution in [3.63, 3.8) is 0 Å². The Balaban J connectivity index is 1.72. The average Bonchev–Trinajstić information content (AvgIpc) is 3.40. The van der Waals surface area contributed by atoms with Gasteiger partial charge in [-0.25, -0.2) is 0 Å². The highest BCUT2D eigenvalue weighted by Gasteiger charge is 2.22. The number of nitrogens with one attached hydrogen (secondary N) is 3. The van der Waals surface area contributed by atoms with E-state index >= 15 is 0 Å². The van der Waals surface area contributed by atoms with E-state index < -0.39 is 0 Å². The minimum absolute atomic E-state index is 0.166. The summed E-state index contributed by atoms with van der Waals surface area (Å²) in [5.41, 5.74) is 2.59. The molecule has 5 nitrogen and oxygen atoms in total. The number of carbonyl (C=O) groups excluding carboxylic acids is 1. The fraction of sp³-hybridized carbons (Fsp3) is 0.600. The molecule has 0 aromatic heterocycles. The van der Waals surface area contributed by atoms with Crippen LogP contribution in [0, 0.1) is 6.92 Å². The van der Waals surface area contributed by atoms with Crippen molar-refractivity contribution in [2.45, 2.75) is 58.4 Å². The fourth-order valence-corrected chi connectivity index (χ4v) is 2.55. The molecule has 138 valence electrons. The molecule has 2 rings (SSSR count). The summed E-state index contributed by atoms with van der Waals surface area (Å²) in [5, 5.41) is 9.60. The molecule has 1 saturated carbocycles. The Kier molecular flexibility index (Phi) is 7.76. The van der Waals surface area contributed by atoms with Crippen molar-refractivity contribution in [3.8, 4) is 0 Å². The molecule has 1 fully saturated rings. The first kappa shape index (κ1) is 19.3. The molecular formula is C20H32N4O. The van der Waals surface area contributed by atoms with Gasteiger partial charge in [0.2, 0.25) is 5.91 Å². The number of aliphatic imine (C=N–C) groups is 1. The van der Waals surface area contributed by atoms with E-state index in [1.807, 2.05) is 0 Å². The Bertz CT molecular complexity index is 564. The SMILES string of the molecule is CCNC(=NCC(C)c1ccc(C)cc1)NCCCC(=O)NC1CC1. The Morgan fingerprint density at radius 2 is 1.96 bits per heavy atom. The van der Waals surface area contributed by atoms with Crippen LogP contribution in [0.5, 0.6) is 0 Å². The number of hydrogen-bond donors (Lipinski definition) is 3. The third kappa shape index (κ3) is 7.59. The highest BCUT2D eigenvalue weighted by Crippen LogP contribution is 2.18. The summed E-state index contributed by atoms with van der Waals surface area (Å²) in [6, 6.07) is 9.09. The van der Waals surface area contributed by atoms with E-state index in [0.717, 1.165) is 44.9 Å². The molecule has 1 aromatic carbocycles. The minimum atomic E-state index is 0.166. The zero-order valence-electron chi connectivity index (χ0n) is 15.8. The summed E-state index contributed by atoms with van der Waals surface area (Å²) in [7, 11) is 0. The van der Waals surface area contributed by atoms with E-state index in [1.165, 1.54) is 11.1 Å². The fourth-order valence-electron chi connectivity index (χ4n) is 2.55. The standard InChI is InChI=1S/C20H32N4O/c1-4-21-20(22-13-5-6-19(25)24-18-11-12-18)23-14-16(3)17-9-7-15(2)8-10-17/h7-10,16,18H,4-6,11-14H2,1-3H3,(H,24,25)(H2,21,22,23). The van der Waals surface area contributed by atoms with Gasteiger partial charge in [0.05, 0.1) is 0 Å². The maximum Gasteiger partial charge on any atom is 0.220 e. The zero-order chi connectivity index (χ0) is 18.1. The molecule has 0 bridgehead atoms. The Hall–Kier alpha value is -2.04. The number of amides is 1. The molecule has 0 saturated heterocycles. The van der Waals surface area contributed by atoms with E-state index in [1.54, 1.807) is 0 Å². The molecule has 0 radical (unpaired) electrons. The van der Waals surface area contributed by atoms with Gasteiger partial charge in [-0.1, -0.05) is 36.8 Å². The monoisotopic (exact) mass is 344 g/mol. The molecule has 25 heavy (non-hydrogen) atoms. The lowest BCUT2D eigenvalue weighted by molar-refractivity contribution is -0.121. The summed E-state index contributed by atoms with van der Waals surface area (Å²) in [4.78, 5) is 16.4. The van der Waals surface area contributed by atoms with E-state index in [2.05, 4.69) is 66.0 Å². The molecule has 3 N–H and O–H groups in total. The van der Waals surface area contributed by atoms with Gasteiger partial charge in [0.15, 0.2) is 5.96 Å². The molecular weight excluding hydrogens is 312 g/mol.